The number of fused-ring (bicyclic) bond motifs is 1. The molecule has 5 heteroatoms. The number of carbonyl (C=O) groups excluding carboxylic acids is 1. The molecule has 1 fully saturated rings. The molecule has 78 valence electrons. The zero-order valence-corrected chi connectivity index (χ0v) is 8.40. The highest BCUT2D eigenvalue weighted by Gasteiger charge is 2.34. The van der Waals surface area contributed by atoms with Gasteiger partial charge in [-0.2, -0.15) is 4.99 Å². The van der Waals surface area contributed by atoms with Crippen LogP contribution in [0.25, 0.3) is 0 Å². The van der Waals surface area contributed by atoms with E-state index in [-0.39, 0.29) is 12.1 Å². The van der Waals surface area contributed by atoms with Crippen molar-refractivity contribution in [1.29, 1.82) is 0 Å². The van der Waals surface area contributed by atoms with Crippen LogP contribution in [-0.2, 0) is 9.47 Å². The fourth-order valence-corrected chi connectivity index (χ4v) is 1.70. The van der Waals surface area contributed by atoms with E-state index in [2.05, 4.69) is 4.99 Å². The summed E-state index contributed by atoms with van der Waals surface area (Å²) in [5.74, 6) is 1.05. The van der Waals surface area contributed by atoms with Crippen LogP contribution >= 0.6 is 0 Å². The van der Waals surface area contributed by atoms with Crippen LogP contribution in [0, 0.1) is 5.92 Å². The normalized spacial score (nSPS) is 27.1. The van der Waals surface area contributed by atoms with E-state index in [1.165, 1.54) is 0 Å². The molecule has 0 aromatic carbocycles. The Hall–Kier alpha value is -1.10. The van der Waals surface area contributed by atoms with Crippen LogP contribution in [0.15, 0.2) is 4.99 Å². The second-order valence-corrected chi connectivity index (χ2v) is 3.73. The average molecular weight is 198 g/mol. The van der Waals surface area contributed by atoms with Gasteiger partial charge in [-0.15, -0.1) is 0 Å². The van der Waals surface area contributed by atoms with Gasteiger partial charge in [0, 0.05) is 12.5 Å². The first-order valence-corrected chi connectivity index (χ1v) is 4.82. The molecular formula is C9H14N2O3. The molecule has 1 unspecified atom stereocenters. The number of hydrogen-bond donors (Lipinski definition) is 0. The third-order valence-corrected chi connectivity index (χ3v) is 2.34. The Bertz CT molecular complexity index is 275. The molecule has 2 aliphatic rings. The first kappa shape index (κ1) is 9.45. The lowest BCUT2D eigenvalue weighted by Gasteiger charge is -2.40. The maximum Gasteiger partial charge on any atom is 0.437 e. The van der Waals surface area contributed by atoms with Crippen LogP contribution in [0.3, 0.4) is 0 Å². The Balaban J connectivity index is 2.23. The van der Waals surface area contributed by atoms with E-state index >= 15 is 0 Å². The van der Waals surface area contributed by atoms with Gasteiger partial charge in [0.1, 0.15) is 12.4 Å². The largest absolute Gasteiger partial charge is 0.437 e. The van der Waals surface area contributed by atoms with E-state index in [0.29, 0.717) is 13.2 Å². The Morgan fingerprint density at radius 1 is 1.57 bits per heavy atom. The highest BCUT2D eigenvalue weighted by molar-refractivity contribution is 5.94. The SMILES string of the molecule is CC(C)C1=NC(=O)OC2COCCN12. The summed E-state index contributed by atoms with van der Waals surface area (Å²) in [6.07, 6.45) is -0.772. The molecule has 0 radical (unpaired) electrons. The van der Waals surface area contributed by atoms with Crippen LogP contribution in [0.4, 0.5) is 4.79 Å². The van der Waals surface area contributed by atoms with Crippen molar-refractivity contribution in [3.63, 3.8) is 0 Å². The highest BCUT2D eigenvalue weighted by atomic mass is 16.6. The molecule has 0 aromatic heterocycles. The summed E-state index contributed by atoms with van der Waals surface area (Å²) >= 11 is 0. The van der Waals surface area contributed by atoms with Gasteiger partial charge in [-0.3, -0.25) is 0 Å². The minimum Gasteiger partial charge on any atom is -0.421 e. The third kappa shape index (κ3) is 1.59. The molecule has 0 N–H and O–H groups in total. The Kier molecular flexibility index (Phi) is 2.41. The van der Waals surface area contributed by atoms with E-state index in [1.807, 2.05) is 18.7 Å². The van der Waals surface area contributed by atoms with Crippen molar-refractivity contribution in [2.75, 3.05) is 19.8 Å². The average Bonchev–Trinajstić information content (AvgIpc) is 2.16. The number of rotatable bonds is 1. The second kappa shape index (κ2) is 3.57. The summed E-state index contributed by atoms with van der Waals surface area (Å²) in [4.78, 5) is 17.0. The van der Waals surface area contributed by atoms with Gasteiger partial charge in [0.25, 0.3) is 0 Å². The van der Waals surface area contributed by atoms with Crippen molar-refractivity contribution < 1.29 is 14.3 Å². The molecule has 0 bridgehead atoms. The van der Waals surface area contributed by atoms with Gasteiger partial charge in [0.15, 0.2) is 0 Å². The number of ether oxygens (including phenoxy) is 2. The van der Waals surface area contributed by atoms with Crippen molar-refractivity contribution in [3.8, 4) is 0 Å². The van der Waals surface area contributed by atoms with Crippen molar-refractivity contribution in [2.24, 2.45) is 10.9 Å². The second-order valence-electron chi connectivity index (χ2n) is 3.73. The van der Waals surface area contributed by atoms with Crippen molar-refractivity contribution in [2.45, 2.75) is 20.1 Å². The fraction of sp³-hybridized carbons (Fsp3) is 0.778. The topological polar surface area (TPSA) is 51.1 Å². The van der Waals surface area contributed by atoms with Crippen LogP contribution in [0.5, 0.6) is 0 Å². The number of amides is 1. The van der Waals surface area contributed by atoms with E-state index in [1.54, 1.807) is 0 Å². The van der Waals surface area contributed by atoms with E-state index in [4.69, 9.17) is 9.47 Å². The van der Waals surface area contributed by atoms with Crippen molar-refractivity contribution in [1.82, 2.24) is 4.90 Å². The first-order valence-electron chi connectivity index (χ1n) is 4.82. The molecule has 2 aliphatic heterocycles. The highest BCUT2D eigenvalue weighted by Crippen LogP contribution is 2.18. The van der Waals surface area contributed by atoms with Crippen molar-refractivity contribution >= 4 is 11.9 Å². The fourth-order valence-electron chi connectivity index (χ4n) is 1.70. The summed E-state index contributed by atoms with van der Waals surface area (Å²) in [5.41, 5.74) is 0. The molecule has 1 atom stereocenters. The van der Waals surface area contributed by atoms with Gasteiger partial charge in [-0.05, 0) is 0 Å². The number of nitrogens with zero attached hydrogens (tertiary/aromatic N) is 2. The molecule has 1 amide bonds. The molecule has 0 saturated carbocycles. The van der Waals surface area contributed by atoms with Gasteiger partial charge < -0.3 is 14.4 Å². The van der Waals surface area contributed by atoms with Crippen LogP contribution in [0.2, 0.25) is 0 Å². The van der Waals surface area contributed by atoms with E-state index < -0.39 is 6.09 Å². The number of morpholine rings is 1. The zero-order chi connectivity index (χ0) is 10.1. The molecular weight excluding hydrogens is 184 g/mol. The molecule has 14 heavy (non-hydrogen) atoms. The van der Waals surface area contributed by atoms with Gasteiger partial charge in [0.2, 0.25) is 6.23 Å². The van der Waals surface area contributed by atoms with Gasteiger partial charge >= 0.3 is 6.09 Å². The number of amidine groups is 1. The summed E-state index contributed by atoms with van der Waals surface area (Å²) in [5, 5.41) is 0. The minimum atomic E-state index is -0.500. The maximum atomic E-state index is 11.1. The summed E-state index contributed by atoms with van der Waals surface area (Å²) < 4.78 is 10.3. The summed E-state index contributed by atoms with van der Waals surface area (Å²) in [6.45, 7) is 5.89. The predicted molar refractivity (Wildman–Crippen MR) is 50.1 cm³/mol. The Morgan fingerprint density at radius 3 is 3.07 bits per heavy atom. The Labute approximate surface area is 82.7 Å². The molecule has 2 heterocycles. The van der Waals surface area contributed by atoms with Gasteiger partial charge in [-0.1, -0.05) is 13.8 Å². The molecule has 0 aliphatic carbocycles. The molecule has 2 rings (SSSR count). The summed E-state index contributed by atoms with van der Waals surface area (Å²) in [6, 6.07) is 0. The smallest absolute Gasteiger partial charge is 0.421 e. The number of carbonyl (C=O) groups is 1. The van der Waals surface area contributed by atoms with Crippen LogP contribution in [-0.4, -0.2) is 42.8 Å². The molecule has 1 saturated heterocycles. The lowest BCUT2D eigenvalue weighted by atomic mass is 10.1. The zero-order valence-electron chi connectivity index (χ0n) is 8.40. The molecule has 0 aromatic rings. The lowest BCUT2D eigenvalue weighted by molar-refractivity contribution is -0.0843. The number of aliphatic imine (C=N–C) groups is 1. The Morgan fingerprint density at radius 2 is 2.36 bits per heavy atom. The number of hydrogen-bond acceptors (Lipinski definition) is 4. The minimum absolute atomic E-state index is 0.239. The van der Waals surface area contributed by atoms with Gasteiger partial charge in [0.05, 0.1) is 6.61 Å². The van der Waals surface area contributed by atoms with Gasteiger partial charge in [-0.25, -0.2) is 4.79 Å². The van der Waals surface area contributed by atoms with Crippen LogP contribution in [0.1, 0.15) is 13.8 Å². The molecule has 5 nitrogen and oxygen atoms in total. The monoisotopic (exact) mass is 198 g/mol. The molecule has 0 spiro atoms. The predicted octanol–water partition coefficient (Wildman–Crippen LogP) is 0.849. The van der Waals surface area contributed by atoms with E-state index in [0.717, 1.165) is 12.4 Å². The first-order chi connectivity index (χ1) is 6.68. The van der Waals surface area contributed by atoms with E-state index in [9.17, 15) is 4.79 Å². The third-order valence-electron chi connectivity index (χ3n) is 2.34. The maximum absolute atomic E-state index is 11.1. The van der Waals surface area contributed by atoms with Crippen molar-refractivity contribution in [3.05, 3.63) is 0 Å². The summed E-state index contributed by atoms with van der Waals surface area (Å²) in [7, 11) is 0. The lowest BCUT2D eigenvalue weighted by Crippen LogP contribution is -2.54. The quantitative estimate of drug-likeness (QED) is 0.626. The van der Waals surface area contributed by atoms with Crippen LogP contribution < -0.4 is 0 Å². The standard InChI is InChI=1S/C9H14N2O3/c1-6(2)8-10-9(12)14-7-5-13-4-3-11(7)8/h6-7H,3-5H2,1-2H3.